The normalized spacial score (nSPS) is 22.4. The standard InChI is InChI=1S/C18H24Cl2N2O3S/c19-16-7-6-14(11-17(16)20)13-26(24,25)22-10-4-5-15(12-22)18(23)21-8-2-1-3-9-21/h6-7,11,15H,1-5,8-10,12-13H2/t15-/m1/s1. The van der Waals surface area contributed by atoms with E-state index in [0.717, 1.165) is 32.4 Å². The molecule has 3 rings (SSSR count). The zero-order valence-electron chi connectivity index (χ0n) is 14.7. The van der Waals surface area contributed by atoms with Crippen molar-refractivity contribution in [1.82, 2.24) is 9.21 Å². The van der Waals surface area contributed by atoms with E-state index in [1.807, 2.05) is 4.90 Å². The third-order valence-electron chi connectivity index (χ3n) is 5.13. The number of carbonyl (C=O) groups is 1. The molecule has 0 radical (unpaired) electrons. The number of halogens is 2. The summed E-state index contributed by atoms with van der Waals surface area (Å²) in [7, 11) is -3.50. The van der Waals surface area contributed by atoms with Crippen LogP contribution in [0.15, 0.2) is 18.2 Å². The van der Waals surface area contributed by atoms with Crippen molar-refractivity contribution in [3.63, 3.8) is 0 Å². The van der Waals surface area contributed by atoms with Gasteiger partial charge in [0, 0.05) is 26.2 Å². The van der Waals surface area contributed by atoms with Crippen LogP contribution in [0.2, 0.25) is 10.0 Å². The van der Waals surface area contributed by atoms with Gasteiger partial charge in [-0.3, -0.25) is 4.79 Å². The van der Waals surface area contributed by atoms with Gasteiger partial charge in [-0.05, 0) is 49.8 Å². The predicted molar refractivity (Wildman–Crippen MR) is 104 cm³/mol. The molecule has 0 saturated carbocycles. The Labute approximate surface area is 165 Å². The van der Waals surface area contributed by atoms with Crippen LogP contribution in [0.1, 0.15) is 37.7 Å². The van der Waals surface area contributed by atoms with Crippen LogP contribution >= 0.6 is 23.2 Å². The Balaban J connectivity index is 1.67. The molecule has 0 aliphatic carbocycles. The van der Waals surface area contributed by atoms with E-state index in [9.17, 15) is 13.2 Å². The zero-order valence-corrected chi connectivity index (χ0v) is 17.0. The molecule has 1 amide bonds. The van der Waals surface area contributed by atoms with Gasteiger partial charge in [0.15, 0.2) is 0 Å². The van der Waals surface area contributed by atoms with Crippen LogP contribution in [0.5, 0.6) is 0 Å². The number of rotatable bonds is 4. The molecule has 2 fully saturated rings. The van der Waals surface area contributed by atoms with Crippen LogP contribution in [0.4, 0.5) is 0 Å². The number of amides is 1. The van der Waals surface area contributed by atoms with E-state index in [0.29, 0.717) is 28.6 Å². The number of benzene rings is 1. The van der Waals surface area contributed by atoms with Crippen molar-refractivity contribution in [3.8, 4) is 0 Å². The minimum Gasteiger partial charge on any atom is -0.342 e. The molecule has 2 aliphatic heterocycles. The smallest absolute Gasteiger partial charge is 0.227 e. The Hall–Kier alpha value is -0.820. The minimum absolute atomic E-state index is 0.110. The van der Waals surface area contributed by atoms with Gasteiger partial charge in [-0.25, -0.2) is 12.7 Å². The Morgan fingerprint density at radius 2 is 1.77 bits per heavy atom. The largest absolute Gasteiger partial charge is 0.342 e. The highest BCUT2D eigenvalue weighted by Gasteiger charge is 2.34. The molecule has 1 atom stereocenters. The fraction of sp³-hybridized carbons (Fsp3) is 0.611. The highest BCUT2D eigenvalue weighted by molar-refractivity contribution is 7.88. The molecule has 144 valence electrons. The first-order chi connectivity index (χ1) is 12.4. The topological polar surface area (TPSA) is 57.7 Å². The number of likely N-dealkylation sites (tertiary alicyclic amines) is 1. The van der Waals surface area contributed by atoms with E-state index in [-0.39, 0.29) is 24.1 Å². The average Bonchev–Trinajstić information content (AvgIpc) is 2.65. The molecule has 0 N–H and O–H groups in total. The van der Waals surface area contributed by atoms with E-state index in [2.05, 4.69) is 0 Å². The van der Waals surface area contributed by atoms with Gasteiger partial charge in [-0.15, -0.1) is 0 Å². The molecule has 8 heteroatoms. The molecule has 5 nitrogen and oxygen atoms in total. The van der Waals surface area contributed by atoms with Crippen LogP contribution in [-0.2, 0) is 20.6 Å². The van der Waals surface area contributed by atoms with Gasteiger partial charge in [0.2, 0.25) is 15.9 Å². The van der Waals surface area contributed by atoms with Crippen molar-refractivity contribution in [1.29, 1.82) is 0 Å². The number of sulfonamides is 1. The minimum atomic E-state index is -3.50. The van der Waals surface area contributed by atoms with Gasteiger partial charge in [0.25, 0.3) is 0 Å². The summed E-state index contributed by atoms with van der Waals surface area (Å²) in [6.07, 6.45) is 4.72. The van der Waals surface area contributed by atoms with E-state index < -0.39 is 10.0 Å². The van der Waals surface area contributed by atoms with Crippen LogP contribution in [0.3, 0.4) is 0 Å². The molecular formula is C18H24Cl2N2O3S. The number of nitrogens with zero attached hydrogens (tertiary/aromatic N) is 2. The maximum atomic E-state index is 12.8. The third-order valence-corrected chi connectivity index (χ3v) is 7.68. The Bertz CT molecular complexity index is 764. The Morgan fingerprint density at radius 1 is 1.04 bits per heavy atom. The summed E-state index contributed by atoms with van der Waals surface area (Å²) >= 11 is 11.9. The monoisotopic (exact) mass is 418 g/mol. The lowest BCUT2D eigenvalue weighted by atomic mass is 9.97. The molecule has 2 saturated heterocycles. The third kappa shape index (κ3) is 4.71. The maximum absolute atomic E-state index is 12.8. The lowest BCUT2D eigenvalue weighted by Gasteiger charge is -2.35. The molecule has 0 bridgehead atoms. The van der Waals surface area contributed by atoms with Crippen molar-refractivity contribution in [2.75, 3.05) is 26.2 Å². The second-order valence-electron chi connectivity index (χ2n) is 7.09. The first-order valence-electron chi connectivity index (χ1n) is 9.07. The van der Waals surface area contributed by atoms with Gasteiger partial charge in [-0.2, -0.15) is 0 Å². The van der Waals surface area contributed by atoms with Crippen LogP contribution in [-0.4, -0.2) is 49.7 Å². The van der Waals surface area contributed by atoms with Gasteiger partial charge in [0.05, 0.1) is 21.7 Å². The second-order valence-corrected chi connectivity index (χ2v) is 9.87. The molecule has 2 heterocycles. The number of carbonyl (C=O) groups excluding carboxylic acids is 1. The van der Waals surface area contributed by atoms with Crippen LogP contribution in [0.25, 0.3) is 0 Å². The number of hydrogen-bond acceptors (Lipinski definition) is 3. The van der Waals surface area contributed by atoms with E-state index in [1.165, 1.54) is 10.7 Å². The van der Waals surface area contributed by atoms with Crippen molar-refractivity contribution in [2.24, 2.45) is 5.92 Å². The van der Waals surface area contributed by atoms with Crippen molar-refractivity contribution in [2.45, 2.75) is 37.9 Å². The molecule has 1 aromatic carbocycles. The van der Waals surface area contributed by atoms with Gasteiger partial charge in [-0.1, -0.05) is 29.3 Å². The summed E-state index contributed by atoms with van der Waals surface area (Å²) in [5, 5.41) is 0.745. The lowest BCUT2D eigenvalue weighted by molar-refractivity contribution is -0.137. The number of hydrogen-bond donors (Lipinski definition) is 0. The SMILES string of the molecule is O=C([C@@H]1CCCN(S(=O)(=O)Cc2ccc(Cl)c(Cl)c2)C1)N1CCCCC1. The molecule has 0 unspecified atom stereocenters. The predicted octanol–water partition coefficient (Wildman–Crippen LogP) is 3.55. The second kappa shape index (κ2) is 8.46. The van der Waals surface area contributed by atoms with Gasteiger partial charge < -0.3 is 4.90 Å². The molecule has 0 spiro atoms. The van der Waals surface area contributed by atoms with Gasteiger partial charge in [0.1, 0.15) is 0 Å². The first-order valence-corrected chi connectivity index (χ1v) is 11.4. The summed E-state index contributed by atoms with van der Waals surface area (Å²) in [5.41, 5.74) is 0.601. The fourth-order valence-electron chi connectivity index (χ4n) is 3.70. The van der Waals surface area contributed by atoms with Crippen molar-refractivity contribution < 1.29 is 13.2 Å². The lowest BCUT2D eigenvalue weighted by Crippen LogP contribution is -2.48. The zero-order chi connectivity index (χ0) is 18.7. The number of piperidine rings is 2. The fourth-order valence-corrected chi connectivity index (χ4v) is 5.62. The first kappa shape index (κ1) is 19.9. The highest BCUT2D eigenvalue weighted by Crippen LogP contribution is 2.27. The maximum Gasteiger partial charge on any atom is 0.227 e. The van der Waals surface area contributed by atoms with Crippen molar-refractivity contribution >= 4 is 39.1 Å². The highest BCUT2D eigenvalue weighted by atomic mass is 35.5. The molecule has 26 heavy (non-hydrogen) atoms. The molecule has 0 aromatic heterocycles. The Kier molecular flexibility index (Phi) is 6.49. The molecule has 1 aromatic rings. The van der Waals surface area contributed by atoms with Gasteiger partial charge >= 0.3 is 0 Å². The van der Waals surface area contributed by atoms with E-state index in [1.54, 1.807) is 18.2 Å². The average molecular weight is 419 g/mol. The molecular weight excluding hydrogens is 395 g/mol. The summed E-state index contributed by atoms with van der Waals surface area (Å²) in [6, 6.07) is 4.86. The quantitative estimate of drug-likeness (QED) is 0.750. The van der Waals surface area contributed by atoms with E-state index in [4.69, 9.17) is 23.2 Å². The van der Waals surface area contributed by atoms with Crippen molar-refractivity contribution in [3.05, 3.63) is 33.8 Å². The summed E-state index contributed by atoms with van der Waals surface area (Å²) in [5.74, 6) is -0.251. The molecule has 2 aliphatic rings. The summed E-state index contributed by atoms with van der Waals surface area (Å²) in [6.45, 7) is 2.34. The van der Waals surface area contributed by atoms with Crippen LogP contribution < -0.4 is 0 Å². The van der Waals surface area contributed by atoms with Crippen LogP contribution in [0, 0.1) is 5.92 Å². The summed E-state index contributed by atoms with van der Waals surface area (Å²) in [4.78, 5) is 14.6. The van der Waals surface area contributed by atoms with E-state index >= 15 is 0 Å². The Morgan fingerprint density at radius 3 is 2.46 bits per heavy atom. The summed E-state index contributed by atoms with van der Waals surface area (Å²) < 4.78 is 27.1.